The van der Waals surface area contributed by atoms with Gasteiger partial charge in [0.15, 0.2) is 0 Å². The monoisotopic (exact) mass is 340 g/mol. The Morgan fingerprint density at radius 1 is 1.12 bits per heavy atom. The van der Waals surface area contributed by atoms with E-state index in [0.717, 1.165) is 25.1 Å². The average molecular weight is 340 g/mol. The summed E-state index contributed by atoms with van der Waals surface area (Å²) in [5.74, 6) is 0.605. The molecule has 1 aliphatic heterocycles. The van der Waals surface area contributed by atoms with Crippen molar-refractivity contribution in [2.24, 2.45) is 0 Å². The van der Waals surface area contributed by atoms with Crippen molar-refractivity contribution >= 4 is 5.91 Å². The number of hydrogen-bond acceptors (Lipinski definition) is 4. The third-order valence-corrected chi connectivity index (χ3v) is 4.21. The number of amides is 1. The molecule has 1 amide bonds. The summed E-state index contributed by atoms with van der Waals surface area (Å²) in [7, 11) is 1.67. The molecule has 0 atom stereocenters. The van der Waals surface area contributed by atoms with E-state index in [2.05, 4.69) is 28.8 Å². The molecule has 0 unspecified atom stereocenters. The van der Waals surface area contributed by atoms with Gasteiger partial charge in [0, 0.05) is 45.3 Å². The minimum Gasteiger partial charge on any atom is -0.493 e. The lowest BCUT2D eigenvalue weighted by Gasteiger charge is -2.09. The maximum absolute atomic E-state index is 12.4. The van der Waals surface area contributed by atoms with Crippen molar-refractivity contribution in [1.29, 1.82) is 0 Å². The van der Waals surface area contributed by atoms with Crippen LogP contribution in [-0.2, 0) is 24.4 Å². The molecule has 2 aromatic carbocycles. The number of benzene rings is 2. The van der Waals surface area contributed by atoms with E-state index in [9.17, 15) is 4.79 Å². The minimum absolute atomic E-state index is 0.0963. The van der Waals surface area contributed by atoms with E-state index in [4.69, 9.17) is 9.47 Å². The molecule has 0 fully saturated rings. The summed E-state index contributed by atoms with van der Waals surface area (Å²) in [5.41, 5.74) is 4.38. The van der Waals surface area contributed by atoms with Gasteiger partial charge in [-0.3, -0.25) is 4.79 Å². The van der Waals surface area contributed by atoms with Crippen LogP contribution in [0.3, 0.4) is 0 Å². The smallest absolute Gasteiger partial charge is 0.251 e. The molecular weight excluding hydrogens is 316 g/mol. The standard InChI is InChI=1S/C20H24N2O3/c1-24-8-3-9-25-19-5-2-4-16(11-19)20(23)22-12-15-6-7-17-13-21-14-18(17)10-15/h2,4-7,10-11,21H,3,8-9,12-14H2,1H3,(H,22,23). The Hall–Kier alpha value is -2.37. The minimum atomic E-state index is -0.0963. The molecule has 5 heteroatoms. The molecular formula is C20H24N2O3. The number of nitrogens with one attached hydrogen (secondary N) is 2. The fourth-order valence-electron chi connectivity index (χ4n) is 2.86. The van der Waals surface area contributed by atoms with E-state index >= 15 is 0 Å². The van der Waals surface area contributed by atoms with Gasteiger partial charge in [0.1, 0.15) is 5.75 Å². The molecule has 3 rings (SSSR count). The fourth-order valence-corrected chi connectivity index (χ4v) is 2.86. The maximum atomic E-state index is 12.4. The normalized spacial score (nSPS) is 12.7. The van der Waals surface area contributed by atoms with Crippen molar-refractivity contribution in [1.82, 2.24) is 10.6 Å². The number of fused-ring (bicyclic) bond motifs is 1. The summed E-state index contributed by atoms with van der Waals surface area (Å²) < 4.78 is 10.6. The molecule has 1 heterocycles. The lowest BCUT2D eigenvalue weighted by atomic mass is 10.1. The fraction of sp³-hybridized carbons (Fsp3) is 0.350. The third-order valence-electron chi connectivity index (χ3n) is 4.21. The molecule has 25 heavy (non-hydrogen) atoms. The van der Waals surface area contributed by atoms with E-state index in [1.165, 1.54) is 11.1 Å². The molecule has 0 saturated carbocycles. The Labute approximate surface area is 148 Å². The summed E-state index contributed by atoms with van der Waals surface area (Å²) in [6, 6.07) is 13.6. The zero-order valence-corrected chi connectivity index (χ0v) is 14.5. The van der Waals surface area contributed by atoms with Crippen LogP contribution in [0, 0.1) is 0 Å². The van der Waals surface area contributed by atoms with E-state index in [0.29, 0.717) is 31.1 Å². The lowest BCUT2D eigenvalue weighted by Crippen LogP contribution is -2.22. The van der Waals surface area contributed by atoms with Crippen LogP contribution in [0.2, 0.25) is 0 Å². The zero-order valence-electron chi connectivity index (χ0n) is 14.5. The quantitative estimate of drug-likeness (QED) is 0.725. The van der Waals surface area contributed by atoms with Crippen LogP contribution in [0.1, 0.15) is 33.5 Å². The van der Waals surface area contributed by atoms with Gasteiger partial charge in [-0.15, -0.1) is 0 Å². The first-order valence-corrected chi connectivity index (χ1v) is 8.57. The Balaban J connectivity index is 1.54. The van der Waals surface area contributed by atoms with Crippen molar-refractivity contribution < 1.29 is 14.3 Å². The van der Waals surface area contributed by atoms with Crippen molar-refractivity contribution in [3.63, 3.8) is 0 Å². The van der Waals surface area contributed by atoms with Crippen LogP contribution in [0.4, 0.5) is 0 Å². The Kier molecular flexibility index (Phi) is 6.04. The molecule has 0 bridgehead atoms. The molecule has 0 aromatic heterocycles. The van der Waals surface area contributed by atoms with Crippen LogP contribution in [0.25, 0.3) is 0 Å². The molecule has 1 aliphatic rings. The number of methoxy groups -OCH3 is 1. The SMILES string of the molecule is COCCCOc1cccc(C(=O)NCc2ccc3c(c2)CNC3)c1. The number of carbonyl (C=O) groups is 1. The number of carbonyl (C=O) groups excluding carboxylic acids is 1. The molecule has 132 valence electrons. The summed E-state index contributed by atoms with van der Waals surface area (Å²) in [6.45, 7) is 3.59. The maximum Gasteiger partial charge on any atom is 0.251 e. The summed E-state index contributed by atoms with van der Waals surface area (Å²) >= 11 is 0. The number of hydrogen-bond donors (Lipinski definition) is 2. The van der Waals surface area contributed by atoms with E-state index in [1.54, 1.807) is 19.2 Å². The van der Waals surface area contributed by atoms with Gasteiger partial charge in [-0.1, -0.05) is 24.3 Å². The summed E-state index contributed by atoms with van der Waals surface area (Å²) in [6.07, 6.45) is 0.820. The summed E-state index contributed by atoms with van der Waals surface area (Å²) in [4.78, 5) is 12.4. The van der Waals surface area contributed by atoms with Crippen LogP contribution in [0.15, 0.2) is 42.5 Å². The second-order valence-corrected chi connectivity index (χ2v) is 6.11. The molecule has 0 aliphatic carbocycles. The first-order chi connectivity index (χ1) is 12.3. The van der Waals surface area contributed by atoms with Crippen LogP contribution >= 0.6 is 0 Å². The highest BCUT2D eigenvalue weighted by molar-refractivity contribution is 5.94. The first kappa shape index (κ1) is 17.5. The topological polar surface area (TPSA) is 59.6 Å². The predicted molar refractivity (Wildman–Crippen MR) is 96.6 cm³/mol. The largest absolute Gasteiger partial charge is 0.493 e. The van der Waals surface area contributed by atoms with Gasteiger partial charge in [-0.05, 0) is 34.9 Å². The first-order valence-electron chi connectivity index (χ1n) is 8.57. The number of rotatable bonds is 8. The molecule has 0 radical (unpaired) electrons. The van der Waals surface area contributed by atoms with Gasteiger partial charge in [0.05, 0.1) is 6.61 Å². The van der Waals surface area contributed by atoms with E-state index in [-0.39, 0.29) is 5.91 Å². The predicted octanol–water partition coefficient (Wildman–Crippen LogP) is 2.64. The van der Waals surface area contributed by atoms with Gasteiger partial charge < -0.3 is 20.1 Å². The van der Waals surface area contributed by atoms with Crippen LogP contribution in [-0.4, -0.2) is 26.2 Å². The average Bonchev–Trinajstić information content (AvgIpc) is 3.11. The zero-order chi connectivity index (χ0) is 17.5. The molecule has 5 nitrogen and oxygen atoms in total. The van der Waals surface area contributed by atoms with Crippen molar-refractivity contribution in [2.45, 2.75) is 26.1 Å². The highest BCUT2D eigenvalue weighted by atomic mass is 16.5. The third kappa shape index (κ3) is 4.81. The summed E-state index contributed by atoms with van der Waals surface area (Å²) in [5, 5.41) is 6.30. The molecule has 2 aromatic rings. The lowest BCUT2D eigenvalue weighted by molar-refractivity contribution is 0.0950. The van der Waals surface area contributed by atoms with Crippen molar-refractivity contribution in [2.75, 3.05) is 20.3 Å². The Morgan fingerprint density at radius 3 is 2.88 bits per heavy atom. The van der Waals surface area contributed by atoms with E-state index < -0.39 is 0 Å². The van der Waals surface area contributed by atoms with Crippen molar-refractivity contribution in [3.8, 4) is 5.75 Å². The Bertz CT molecular complexity index is 731. The molecule has 0 spiro atoms. The van der Waals surface area contributed by atoms with E-state index in [1.807, 2.05) is 12.1 Å². The number of ether oxygens (including phenoxy) is 2. The highest BCUT2D eigenvalue weighted by Crippen LogP contribution is 2.17. The van der Waals surface area contributed by atoms with Crippen LogP contribution in [0.5, 0.6) is 5.75 Å². The van der Waals surface area contributed by atoms with Gasteiger partial charge in [-0.2, -0.15) is 0 Å². The second-order valence-electron chi connectivity index (χ2n) is 6.11. The molecule has 0 saturated heterocycles. The van der Waals surface area contributed by atoms with Gasteiger partial charge >= 0.3 is 0 Å². The van der Waals surface area contributed by atoms with Crippen LogP contribution < -0.4 is 15.4 Å². The van der Waals surface area contributed by atoms with Gasteiger partial charge in [0.2, 0.25) is 0 Å². The van der Waals surface area contributed by atoms with Gasteiger partial charge in [-0.25, -0.2) is 0 Å². The molecule has 2 N–H and O–H groups in total. The highest BCUT2D eigenvalue weighted by Gasteiger charge is 2.11. The van der Waals surface area contributed by atoms with Crippen molar-refractivity contribution in [3.05, 3.63) is 64.7 Å². The van der Waals surface area contributed by atoms with Gasteiger partial charge in [0.25, 0.3) is 5.91 Å². The Morgan fingerprint density at radius 2 is 2.00 bits per heavy atom. The second kappa shape index (κ2) is 8.65.